The molecule has 2 aliphatic rings. The molecule has 10 atom stereocenters. The number of aliphatic hydroxyl groups excluding tert-OH is 8. The molecule has 152 valence electrons. The molecule has 0 bridgehead atoms. The van der Waals surface area contributed by atoms with Gasteiger partial charge in [-0.05, 0) is 0 Å². The summed E-state index contributed by atoms with van der Waals surface area (Å²) in [5.74, 6) is 0. The third kappa shape index (κ3) is 4.81. The summed E-state index contributed by atoms with van der Waals surface area (Å²) < 4.78 is 15.3. The monoisotopic (exact) mass is 378 g/mol. The van der Waals surface area contributed by atoms with Crippen LogP contribution in [0, 0.1) is 0 Å². The number of hydrogen-bond donors (Lipinski definition) is 8. The van der Waals surface area contributed by atoms with Gasteiger partial charge in [0.25, 0.3) is 0 Å². The van der Waals surface area contributed by atoms with Gasteiger partial charge >= 0.3 is 0 Å². The Bertz CT molecular complexity index is 346. The molecular weight excluding hydrogens is 352 g/mol. The lowest BCUT2D eigenvalue weighted by Gasteiger charge is -2.44. The highest BCUT2D eigenvalue weighted by atomic mass is 16.8. The lowest BCUT2D eigenvalue weighted by molar-refractivity contribution is -0.376. The summed E-state index contributed by atoms with van der Waals surface area (Å²) in [5.41, 5.74) is 0. The topological polar surface area (TPSA) is 253 Å². The summed E-state index contributed by atoms with van der Waals surface area (Å²) in [5, 5.41) is 76.4. The van der Waals surface area contributed by atoms with E-state index in [-0.39, 0.29) is 11.0 Å². The molecule has 1 unspecified atom stereocenters. The van der Waals surface area contributed by atoms with E-state index in [0.717, 1.165) is 0 Å². The zero-order chi connectivity index (χ0) is 17.3. The summed E-state index contributed by atoms with van der Waals surface area (Å²) in [6.07, 6.45) is -15.6. The van der Waals surface area contributed by atoms with Crippen LogP contribution in [0.15, 0.2) is 0 Å². The first kappa shape index (κ1) is 24.5. The van der Waals surface area contributed by atoms with Crippen molar-refractivity contribution >= 4 is 0 Å². The third-order valence-electron chi connectivity index (χ3n) is 3.97. The molecule has 13 nitrogen and oxygen atoms in total. The molecule has 0 saturated carbocycles. The molecule has 25 heavy (non-hydrogen) atoms. The van der Waals surface area contributed by atoms with Crippen LogP contribution in [-0.4, -0.2) is 126 Å². The van der Waals surface area contributed by atoms with Crippen LogP contribution in [0.25, 0.3) is 0 Å². The van der Waals surface area contributed by atoms with E-state index in [1.165, 1.54) is 0 Å². The van der Waals surface area contributed by atoms with Crippen LogP contribution in [0.4, 0.5) is 0 Å². The largest absolute Gasteiger partial charge is 0.412 e. The minimum atomic E-state index is -1.72. The minimum absolute atomic E-state index is 0. The lowest BCUT2D eigenvalue weighted by atomic mass is 9.98. The first-order valence-corrected chi connectivity index (χ1v) is 7.08. The van der Waals surface area contributed by atoms with Crippen LogP contribution in [0.5, 0.6) is 0 Å². The van der Waals surface area contributed by atoms with Crippen molar-refractivity contribution in [3.05, 3.63) is 0 Å². The van der Waals surface area contributed by atoms with Gasteiger partial charge in [0.2, 0.25) is 0 Å². The van der Waals surface area contributed by atoms with Gasteiger partial charge < -0.3 is 66.0 Å². The molecule has 0 aromatic carbocycles. The average molecular weight is 378 g/mol. The first-order chi connectivity index (χ1) is 10.8. The number of hydrogen-bond acceptors (Lipinski definition) is 11. The molecule has 0 spiro atoms. The standard InChI is InChI=1S/C12H22O11.2H2O/c13-1-3-5(15)7(17)9(19)11(21-3)23-12-10(20)8(18)6(16)4(2-14)22-12;;/h3-20H,1-2H2;2*1H2/t3-,4-,5-,6-,7+,8+,9-,10-,11-,12?;;/m1../s1. The van der Waals surface area contributed by atoms with Crippen LogP contribution in [0.1, 0.15) is 0 Å². The van der Waals surface area contributed by atoms with E-state index < -0.39 is 74.6 Å². The molecule has 0 aromatic rings. The van der Waals surface area contributed by atoms with Gasteiger partial charge in [-0.25, -0.2) is 0 Å². The maximum Gasteiger partial charge on any atom is 0.189 e. The molecule has 0 radical (unpaired) electrons. The zero-order valence-electron chi connectivity index (χ0n) is 13.0. The van der Waals surface area contributed by atoms with Gasteiger partial charge in [-0.15, -0.1) is 0 Å². The molecule has 2 aliphatic heterocycles. The smallest absolute Gasteiger partial charge is 0.189 e. The van der Waals surface area contributed by atoms with Gasteiger partial charge in [-0.2, -0.15) is 0 Å². The maximum absolute atomic E-state index is 9.84. The van der Waals surface area contributed by atoms with Crippen molar-refractivity contribution in [3.63, 3.8) is 0 Å². The normalized spacial score (nSPS) is 47.5. The molecule has 2 heterocycles. The molecular formula is C12H26O13. The summed E-state index contributed by atoms with van der Waals surface area (Å²) in [6.45, 7) is -1.33. The average Bonchev–Trinajstić information content (AvgIpc) is 2.55. The quantitative estimate of drug-likeness (QED) is 0.228. The molecule has 0 aromatic heterocycles. The van der Waals surface area contributed by atoms with Gasteiger partial charge in [-0.1, -0.05) is 0 Å². The summed E-state index contributed by atoms with van der Waals surface area (Å²) in [6, 6.07) is 0. The van der Waals surface area contributed by atoms with E-state index in [9.17, 15) is 30.6 Å². The van der Waals surface area contributed by atoms with Crippen molar-refractivity contribution < 1.29 is 66.0 Å². The fourth-order valence-corrected chi connectivity index (χ4v) is 2.49. The Morgan fingerprint density at radius 3 is 1.16 bits per heavy atom. The SMILES string of the molecule is O.O.OC[C@H]1O[C@H](OC2O[C@H](CO)[C@@H](O)[C@H](O)[C@H]2O)[C@H](O)[C@@H](O)[C@@H]1O. The van der Waals surface area contributed by atoms with Crippen LogP contribution in [0.2, 0.25) is 0 Å². The molecule has 2 rings (SSSR count). The fraction of sp³-hybridized carbons (Fsp3) is 1.00. The van der Waals surface area contributed by atoms with E-state index in [4.69, 9.17) is 24.4 Å². The summed E-state index contributed by atoms with van der Waals surface area (Å²) in [7, 11) is 0. The molecule has 2 fully saturated rings. The Labute approximate surface area is 141 Å². The second-order valence-corrected chi connectivity index (χ2v) is 5.53. The molecule has 13 heteroatoms. The van der Waals surface area contributed by atoms with Crippen LogP contribution >= 0.6 is 0 Å². The second kappa shape index (κ2) is 9.98. The minimum Gasteiger partial charge on any atom is -0.412 e. The predicted molar refractivity (Wildman–Crippen MR) is 75.8 cm³/mol. The Balaban J connectivity index is 0.00000288. The Morgan fingerprint density at radius 1 is 0.560 bits per heavy atom. The highest BCUT2D eigenvalue weighted by Crippen LogP contribution is 2.27. The van der Waals surface area contributed by atoms with E-state index in [1.54, 1.807) is 0 Å². The highest BCUT2D eigenvalue weighted by molar-refractivity contribution is 4.92. The molecule has 0 amide bonds. The van der Waals surface area contributed by atoms with Gasteiger partial charge in [0.1, 0.15) is 48.8 Å². The van der Waals surface area contributed by atoms with E-state index in [1.807, 2.05) is 0 Å². The van der Waals surface area contributed by atoms with Crippen LogP contribution in [-0.2, 0) is 14.2 Å². The number of rotatable bonds is 4. The Kier molecular flexibility index (Phi) is 9.77. The van der Waals surface area contributed by atoms with Crippen LogP contribution in [0.3, 0.4) is 0 Å². The molecule has 0 aliphatic carbocycles. The Hall–Kier alpha value is -0.520. The van der Waals surface area contributed by atoms with Crippen molar-refractivity contribution in [2.75, 3.05) is 13.2 Å². The molecule has 12 N–H and O–H groups in total. The first-order valence-electron chi connectivity index (χ1n) is 7.08. The van der Waals surface area contributed by atoms with E-state index >= 15 is 0 Å². The zero-order valence-corrected chi connectivity index (χ0v) is 13.0. The van der Waals surface area contributed by atoms with Gasteiger partial charge in [0, 0.05) is 0 Å². The fourth-order valence-electron chi connectivity index (χ4n) is 2.49. The maximum atomic E-state index is 9.84. The van der Waals surface area contributed by atoms with Crippen molar-refractivity contribution in [1.29, 1.82) is 0 Å². The second-order valence-electron chi connectivity index (χ2n) is 5.53. The summed E-state index contributed by atoms with van der Waals surface area (Å²) >= 11 is 0. The highest BCUT2D eigenvalue weighted by Gasteiger charge is 2.49. The third-order valence-corrected chi connectivity index (χ3v) is 3.97. The van der Waals surface area contributed by atoms with Gasteiger partial charge in [0.05, 0.1) is 13.2 Å². The van der Waals surface area contributed by atoms with Crippen LogP contribution < -0.4 is 0 Å². The van der Waals surface area contributed by atoms with Gasteiger partial charge in [0.15, 0.2) is 12.6 Å². The van der Waals surface area contributed by atoms with E-state index in [2.05, 4.69) is 0 Å². The molecule has 2 saturated heterocycles. The summed E-state index contributed by atoms with van der Waals surface area (Å²) in [4.78, 5) is 0. The lowest BCUT2D eigenvalue weighted by Crippen LogP contribution is -2.63. The predicted octanol–water partition coefficient (Wildman–Crippen LogP) is -7.05. The number of ether oxygens (including phenoxy) is 3. The van der Waals surface area contributed by atoms with Crippen molar-refractivity contribution in [2.24, 2.45) is 0 Å². The van der Waals surface area contributed by atoms with Crippen molar-refractivity contribution in [3.8, 4) is 0 Å². The Morgan fingerprint density at radius 2 is 0.880 bits per heavy atom. The van der Waals surface area contributed by atoms with Crippen molar-refractivity contribution in [2.45, 2.75) is 61.4 Å². The van der Waals surface area contributed by atoms with Gasteiger partial charge in [-0.3, -0.25) is 0 Å². The van der Waals surface area contributed by atoms with Crippen molar-refractivity contribution in [1.82, 2.24) is 0 Å². The van der Waals surface area contributed by atoms with E-state index in [0.29, 0.717) is 0 Å². The number of aliphatic hydroxyl groups is 8.